The standard InChI is InChI=1S/C16H22N4/c1-20-13(10-11-18-20)7-9-16(19-17)15-8-6-12-4-2-3-5-14(12)15/h2-5,10-11,15-16,19H,6-9,17H2,1H3. The van der Waals surface area contributed by atoms with Crippen molar-refractivity contribution in [2.24, 2.45) is 12.9 Å². The fourth-order valence-corrected chi connectivity index (χ4v) is 3.36. The third kappa shape index (κ3) is 2.49. The first-order valence-electron chi connectivity index (χ1n) is 7.30. The first-order valence-corrected chi connectivity index (χ1v) is 7.30. The Morgan fingerprint density at radius 2 is 2.25 bits per heavy atom. The molecule has 106 valence electrons. The van der Waals surface area contributed by atoms with E-state index in [1.165, 1.54) is 29.7 Å². The molecule has 1 aromatic heterocycles. The van der Waals surface area contributed by atoms with Gasteiger partial charge in [-0.15, -0.1) is 0 Å². The molecule has 4 heteroatoms. The zero-order valence-corrected chi connectivity index (χ0v) is 11.9. The molecule has 0 radical (unpaired) electrons. The van der Waals surface area contributed by atoms with Gasteiger partial charge >= 0.3 is 0 Å². The van der Waals surface area contributed by atoms with Crippen LogP contribution in [-0.4, -0.2) is 15.8 Å². The van der Waals surface area contributed by atoms with Crippen molar-refractivity contribution in [1.29, 1.82) is 0 Å². The third-order valence-electron chi connectivity index (χ3n) is 4.51. The second-order valence-corrected chi connectivity index (χ2v) is 5.60. The number of hydrogen-bond acceptors (Lipinski definition) is 3. The summed E-state index contributed by atoms with van der Waals surface area (Å²) in [6.07, 6.45) is 6.26. The monoisotopic (exact) mass is 270 g/mol. The minimum atomic E-state index is 0.327. The van der Waals surface area contributed by atoms with Crippen molar-refractivity contribution in [3.63, 3.8) is 0 Å². The zero-order chi connectivity index (χ0) is 13.9. The van der Waals surface area contributed by atoms with E-state index in [9.17, 15) is 0 Å². The third-order valence-corrected chi connectivity index (χ3v) is 4.51. The van der Waals surface area contributed by atoms with Crippen molar-refractivity contribution >= 4 is 0 Å². The van der Waals surface area contributed by atoms with E-state index in [1.807, 2.05) is 17.9 Å². The van der Waals surface area contributed by atoms with Gasteiger partial charge in [0.15, 0.2) is 0 Å². The lowest BCUT2D eigenvalue weighted by Crippen LogP contribution is -2.39. The van der Waals surface area contributed by atoms with Gasteiger partial charge in [-0.05, 0) is 42.9 Å². The minimum Gasteiger partial charge on any atom is -0.273 e. The van der Waals surface area contributed by atoms with Gasteiger partial charge in [0.2, 0.25) is 0 Å². The first kappa shape index (κ1) is 13.3. The Hall–Kier alpha value is -1.65. The molecule has 0 spiro atoms. The van der Waals surface area contributed by atoms with E-state index in [2.05, 4.69) is 40.9 Å². The second kappa shape index (κ2) is 5.77. The number of aryl methyl sites for hydroxylation is 3. The summed E-state index contributed by atoms with van der Waals surface area (Å²) in [6.45, 7) is 0. The van der Waals surface area contributed by atoms with E-state index in [-0.39, 0.29) is 0 Å². The highest BCUT2D eigenvalue weighted by Crippen LogP contribution is 2.36. The summed E-state index contributed by atoms with van der Waals surface area (Å²) in [5.41, 5.74) is 7.25. The number of benzene rings is 1. The van der Waals surface area contributed by atoms with Crippen LogP contribution in [0.1, 0.15) is 35.6 Å². The fraction of sp³-hybridized carbons (Fsp3) is 0.438. The molecule has 2 aromatic rings. The van der Waals surface area contributed by atoms with Crippen LogP contribution in [0.5, 0.6) is 0 Å². The number of nitrogens with two attached hydrogens (primary N) is 1. The average molecular weight is 270 g/mol. The highest BCUT2D eigenvalue weighted by atomic mass is 15.3. The molecule has 3 N–H and O–H groups in total. The van der Waals surface area contributed by atoms with Crippen LogP contribution in [-0.2, 0) is 19.9 Å². The largest absolute Gasteiger partial charge is 0.273 e. The number of fused-ring (bicyclic) bond motifs is 1. The van der Waals surface area contributed by atoms with Crippen molar-refractivity contribution in [1.82, 2.24) is 15.2 Å². The highest BCUT2D eigenvalue weighted by molar-refractivity contribution is 5.36. The SMILES string of the molecule is Cn1nccc1CCC(NN)C1CCc2ccccc21. The molecule has 1 aliphatic carbocycles. The number of rotatable bonds is 5. The van der Waals surface area contributed by atoms with Crippen molar-refractivity contribution in [2.45, 2.75) is 37.6 Å². The van der Waals surface area contributed by atoms with Crippen LogP contribution in [0.4, 0.5) is 0 Å². The van der Waals surface area contributed by atoms with E-state index >= 15 is 0 Å². The molecule has 0 saturated carbocycles. The summed E-state index contributed by atoms with van der Waals surface area (Å²) in [4.78, 5) is 0. The number of nitrogens with one attached hydrogen (secondary N) is 1. The van der Waals surface area contributed by atoms with Crippen molar-refractivity contribution < 1.29 is 0 Å². The van der Waals surface area contributed by atoms with Crippen LogP contribution in [0.15, 0.2) is 36.5 Å². The lowest BCUT2D eigenvalue weighted by Gasteiger charge is -2.23. The Morgan fingerprint density at radius 3 is 3.00 bits per heavy atom. The van der Waals surface area contributed by atoms with Crippen molar-refractivity contribution in [2.75, 3.05) is 0 Å². The molecule has 0 amide bonds. The van der Waals surface area contributed by atoms with E-state index < -0.39 is 0 Å². The molecule has 0 aliphatic heterocycles. The van der Waals surface area contributed by atoms with Gasteiger partial charge in [0.25, 0.3) is 0 Å². The maximum atomic E-state index is 5.81. The summed E-state index contributed by atoms with van der Waals surface area (Å²) in [7, 11) is 1.99. The molecule has 2 atom stereocenters. The van der Waals surface area contributed by atoms with Crippen molar-refractivity contribution in [3.8, 4) is 0 Å². The number of aromatic nitrogens is 2. The quantitative estimate of drug-likeness (QED) is 0.644. The molecule has 0 fully saturated rings. The Morgan fingerprint density at radius 1 is 1.40 bits per heavy atom. The van der Waals surface area contributed by atoms with E-state index in [4.69, 9.17) is 5.84 Å². The average Bonchev–Trinajstić information content (AvgIpc) is 3.07. The lowest BCUT2D eigenvalue weighted by molar-refractivity contribution is 0.409. The molecule has 2 unspecified atom stereocenters. The van der Waals surface area contributed by atoms with Crippen LogP contribution < -0.4 is 11.3 Å². The van der Waals surface area contributed by atoms with Gasteiger partial charge in [0.05, 0.1) is 0 Å². The predicted octanol–water partition coefficient (Wildman–Crippen LogP) is 1.91. The Kier molecular flexibility index (Phi) is 3.85. The summed E-state index contributed by atoms with van der Waals surface area (Å²) >= 11 is 0. The minimum absolute atomic E-state index is 0.327. The van der Waals surface area contributed by atoms with Gasteiger partial charge in [-0.3, -0.25) is 16.0 Å². The maximum Gasteiger partial charge on any atom is 0.0492 e. The molecule has 1 aromatic carbocycles. The summed E-state index contributed by atoms with van der Waals surface area (Å²) in [5, 5.41) is 4.22. The number of nitrogens with zero attached hydrogens (tertiary/aromatic N) is 2. The smallest absolute Gasteiger partial charge is 0.0492 e. The molecule has 1 aliphatic rings. The second-order valence-electron chi connectivity index (χ2n) is 5.60. The van der Waals surface area contributed by atoms with Crippen LogP contribution in [0.2, 0.25) is 0 Å². The van der Waals surface area contributed by atoms with Crippen LogP contribution >= 0.6 is 0 Å². The van der Waals surface area contributed by atoms with Gasteiger partial charge in [-0.25, -0.2) is 0 Å². The lowest BCUT2D eigenvalue weighted by atomic mass is 9.90. The topological polar surface area (TPSA) is 55.9 Å². The summed E-state index contributed by atoms with van der Waals surface area (Å²) in [5.74, 6) is 6.35. The molecule has 1 heterocycles. The Balaban J connectivity index is 1.70. The Labute approximate surface area is 120 Å². The fourth-order valence-electron chi connectivity index (χ4n) is 3.36. The zero-order valence-electron chi connectivity index (χ0n) is 11.9. The summed E-state index contributed by atoms with van der Waals surface area (Å²) < 4.78 is 1.94. The highest BCUT2D eigenvalue weighted by Gasteiger charge is 2.28. The molecular weight excluding hydrogens is 248 g/mol. The van der Waals surface area contributed by atoms with Gasteiger partial charge in [0.1, 0.15) is 0 Å². The molecule has 20 heavy (non-hydrogen) atoms. The van der Waals surface area contributed by atoms with E-state index in [1.54, 1.807) is 0 Å². The van der Waals surface area contributed by atoms with Crippen molar-refractivity contribution in [3.05, 3.63) is 53.3 Å². The Bertz CT molecular complexity index is 575. The molecule has 0 saturated heterocycles. The predicted molar refractivity (Wildman–Crippen MR) is 80.1 cm³/mol. The van der Waals surface area contributed by atoms with Gasteiger partial charge in [0, 0.05) is 30.9 Å². The molecule has 4 nitrogen and oxygen atoms in total. The van der Waals surface area contributed by atoms with E-state index in [0.717, 1.165) is 12.8 Å². The number of hydrazine groups is 1. The van der Waals surface area contributed by atoms with E-state index in [0.29, 0.717) is 12.0 Å². The van der Waals surface area contributed by atoms with Crippen LogP contribution in [0.3, 0.4) is 0 Å². The maximum absolute atomic E-state index is 5.81. The molecule has 0 bridgehead atoms. The summed E-state index contributed by atoms with van der Waals surface area (Å²) in [6, 6.07) is 11.2. The van der Waals surface area contributed by atoms with Crippen LogP contribution in [0.25, 0.3) is 0 Å². The molecular formula is C16H22N4. The normalized spacial score (nSPS) is 19.0. The van der Waals surface area contributed by atoms with Gasteiger partial charge < -0.3 is 0 Å². The number of hydrogen-bond donors (Lipinski definition) is 2. The van der Waals surface area contributed by atoms with Crippen LogP contribution in [0, 0.1) is 0 Å². The van der Waals surface area contributed by atoms with Gasteiger partial charge in [-0.1, -0.05) is 24.3 Å². The first-order chi connectivity index (χ1) is 9.79. The molecule has 3 rings (SSSR count). The van der Waals surface area contributed by atoms with Gasteiger partial charge in [-0.2, -0.15) is 5.10 Å².